The summed E-state index contributed by atoms with van der Waals surface area (Å²) >= 11 is 1.87. The molecule has 1 aromatic rings. The summed E-state index contributed by atoms with van der Waals surface area (Å²) in [5.74, 6) is 1.55. The fraction of sp³-hybridized carbons (Fsp3) is 0.533. The highest BCUT2D eigenvalue weighted by Crippen LogP contribution is 2.19. The molecule has 1 unspecified atom stereocenters. The number of carboxylic acid groups (broad SMARTS) is 1. The van der Waals surface area contributed by atoms with E-state index in [1.54, 1.807) is 24.3 Å². The molecule has 0 aromatic heterocycles. The molecular weight excluding hydrogens is 276 g/mol. The lowest BCUT2D eigenvalue weighted by Crippen LogP contribution is -2.09. The van der Waals surface area contributed by atoms with Crippen LogP contribution in [-0.2, 0) is 4.74 Å². The van der Waals surface area contributed by atoms with Crippen molar-refractivity contribution in [3.63, 3.8) is 0 Å². The Hall–Kier alpha value is -1.20. The maximum atomic E-state index is 11.0. The summed E-state index contributed by atoms with van der Waals surface area (Å²) in [6.07, 6.45) is 3.69. The summed E-state index contributed by atoms with van der Waals surface area (Å²) in [6, 6.07) is 6.74. The Bertz CT molecular complexity index is 430. The molecule has 2 rings (SSSR count). The van der Waals surface area contributed by atoms with Crippen LogP contribution in [0.1, 0.15) is 29.6 Å². The third-order valence-electron chi connectivity index (χ3n) is 3.14. The zero-order valence-corrected chi connectivity index (χ0v) is 12.2. The van der Waals surface area contributed by atoms with Crippen molar-refractivity contribution in [3.05, 3.63) is 29.8 Å². The van der Waals surface area contributed by atoms with E-state index in [1.807, 2.05) is 11.8 Å². The van der Waals surface area contributed by atoms with Crippen molar-refractivity contribution in [2.24, 2.45) is 0 Å². The third-order valence-corrected chi connectivity index (χ3v) is 4.32. The lowest BCUT2D eigenvalue weighted by Gasteiger charge is -2.10. The van der Waals surface area contributed by atoms with E-state index in [-0.39, 0.29) is 5.56 Å². The Balaban J connectivity index is 1.62. The topological polar surface area (TPSA) is 55.8 Å². The first-order valence-electron chi connectivity index (χ1n) is 6.92. The minimum absolute atomic E-state index is 0.222. The average Bonchev–Trinajstić information content (AvgIpc) is 2.96. The van der Waals surface area contributed by atoms with Gasteiger partial charge in [-0.1, -0.05) is 12.1 Å². The lowest BCUT2D eigenvalue weighted by atomic mass is 10.2. The van der Waals surface area contributed by atoms with Gasteiger partial charge in [0.2, 0.25) is 0 Å². The number of hydrogen-bond donors (Lipinski definition) is 1. The summed E-state index contributed by atoms with van der Waals surface area (Å²) in [5.41, 5.74) is 0.222. The van der Waals surface area contributed by atoms with Gasteiger partial charge in [0, 0.05) is 12.4 Å². The molecule has 4 nitrogen and oxygen atoms in total. The van der Waals surface area contributed by atoms with E-state index < -0.39 is 5.97 Å². The van der Waals surface area contributed by atoms with Crippen molar-refractivity contribution in [2.75, 3.05) is 24.7 Å². The molecule has 0 spiro atoms. The highest BCUT2D eigenvalue weighted by molar-refractivity contribution is 7.99. The monoisotopic (exact) mass is 296 g/mol. The molecule has 110 valence electrons. The molecule has 1 heterocycles. The van der Waals surface area contributed by atoms with Crippen LogP contribution in [0.5, 0.6) is 5.75 Å². The molecule has 0 bridgehead atoms. The smallest absolute Gasteiger partial charge is 0.339 e. The minimum Gasteiger partial charge on any atom is -0.493 e. The molecule has 0 amide bonds. The van der Waals surface area contributed by atoms with E-state index in [0.29, 0.717) is 18.5 Å². The van der Waals surface area contributed by atoms with Crippen LogP contribution in [0.3, 0.4) is 0 Å². The SMILES string of the molecule is O=C(O)c1ccccc1OCCCSCC1CCCO1. The predicted molar refractivity (Wildman–Crippen MR) is 79.8 cm³/mol. The Morgan fingerprint density at radius 3 is 3.05 bits per heavy atom. The largest absolute Gasteiger partial charge is 0.493 e. The normalized spacial score (nSPS) is 18.1. The van der Waals surface area contributed by atoms with Gasteiger partial charge < -0.3 is 14.6 Å². The van der Waals surface area contributed by atoms with E-state index in [0.717, 1.165) is 24.5 Å². The standard InChI is InChI=1S/C15H20O4S/c16-15(17)13-6-1-2-7-14(13)19-9-4-10-20-11-12-5-3-8-18-12/h1-2,6-7,12H,3-5,8-11H2,(H,16,17). The summed E-state index contributed by atoms with van der Waals surface area (Å²) < 4.78 is 11.1. The number of ether oxygens (including phenoxy) is 2. The van der Waals surface area contributed by atoms with Crippen LogP contribution < -0.4 is 4.74 Å². The van der Waals surface area contributed by atoms with Gasteiger partial charge in [-0.3, -0.25) is 0 Å². The van der Waals surface area contributed by atoms with Gasteiger partial charge in [0.25, 0.3) is 0 Å². The molecule has 1 aromatic carbocycles. The Morgan fingerprint density at radius 2 is 2.30 bits per heavy atom. The highest BCUT2D eigenvalue weighted by Gasteiger charge is 2.14. The molecule has 0 radical (unpaired) electrons. The van der Waals surface area contributed by atoms with Crippen molar-refractivity contribution in [3.8, 4) is 5.75 Å². The van der Waals surface area contributed by atoms with Crippen molar-refractivity contribution < 1.29 is 19.4 Å². The molecule has 1 saturated heterocycles. The molecule has 1 aliphatic rings. The molecular formula is C15H20O4S. The van der Waals surface area contributed by atoms with Crippen molar-refractivity contribution in [1.82, 2.24) is 0 Å². The lowest BCUT2D eigenvalue weighted by molar-refractivity contribution is 0.0692. The molecule has 0 aliphatic carbocycles. The first-order chi connectivity index (χ1) is 9.77. The first kappa shape index (κ1) is 15.2. The van der Waals surface area contributed by atoms with Crippen LogP contribution >= 0.6 is 11.8 Å². The second-order valence-corrected chi connectivity index (χ2v) is 5.86. The Labute approximate surface area is 123 Å². The van der Waals surface area contributed by atoms with E-state index >= 15 is 0 Å². The number of hydrogen-bond acceptors (Lipinski definition) is 4. The summed E-state index contributed by atoms with van der Waals surface area (Å²) in [7, 11) is 0. The Kier molecular flexibility index (Phi) is 6.21. The van der Waals surface area contributed by atoms with Gasteiger partial charge in [-0.05, 0) is 37.1 Å². The second-order valence-electron chi connectivity index (χ2n) is 4.71. The number of rotatable bonds is 8. The van der Waals surface area contributed by atoms with Gasteiger partial charge in [-0.2, -0.15) is 11.8 Å². The molecule has 1 N–H and O–H groups in total. The number of carbonyl (C=O) groups is 1. The molecule has 1 fully saturated rings. The highest BCUT2D eigenvalue weighted by atomic mass is 32.2. The van der Waals surface area contributed by atoms with E-state index in [1.165, 1.54) is 12.8 Å². The molecule has 1 aliphatic heterocycles. The minimum atomic E-state index is -0.951. The van der Waals surface area contributed by atoms with Gasteiger partial charge in [-0.15, -0.1) is 0 Å². The maximum Gasteiger partial charge on any atom is 0.339 e. The fourth-order valence-corrected chi connectivity index (χ4v) is 3.12. The Morgan fingerprint density at radius 1 is 1.45 bits per heavy atom. The molecule has 5 heteroatoms. The summed E-state index contributed by atoms with van der Waals surface area (Å²) in [6.45, 7) is 1.45. The van der Waals surface area contributed by atoms with Crippen molar-refractivity contribution in [1.29, 1.82) is 0 Å². The zero-order chi connectivity index (χ0) is 14.2. The van der Waals surface area contributed by atoms with Gasteiger partial charge in [0.15, 0.2) is 0 Å². The van der Waals surface area contributed by atoms with Crippen molar-refractivity contribution >= 4 is 17.7 Å². The van der Waals surface area contributed by atoms with Gasteiger partial charge in [-0.25, -0.2) is 4.79 Å². The average molecular weight is 296 g/mol. The number of carboxylic acids is 1. The van der Waals surface area contributed by atoms with E-state index in [4.69, 9.17) is 14.6 Å². The van der Waals surface area contributed by atoms with Crippen LogP contribution in [-0.4, -0.2) is 41.9 Å². The quantitative estimate of drug-likeness (QED) is 0.747. The number of aromatic carboxylic acids is 1. The van der Waals surface area contributed by atoms with Crippen LogP contribution in [0.15, 0.2) is 24.3 Å². The van der Waals surface area contributed by atoms with E-state index in [9.17, 15) is 4.79 Å². The maximum absolute atomic E-state index is 11.0. The van der Waals surface area contributed by atoms with Gasteiger partial charge >= 0.3 is 5.97 Å². The fourth-order valence-electron chi connectivity index (χ4n) is 2.10. The van der Waals surface area contributed by atoms with Crippen LogP contribution in [0.25, 0.3) is 0 Å². The van der Waals surface area contributed by atoms with Gasteiger partial charge in [0.1, 0.15) is 11.3 Å². The second kappa shape index (κ2) is 8.17. The van der Waals surface area contributed by atoms with E-state index in [2.05, 4.69) is 0 Å². The molecule has 20 heavy (non-hydrogen) atoms. The molecule has 1 atom stereocenters. The van der Waals surface area contributed by atoms with Gasteiger partial charge in [0.05, 0.1) is 12.7 Å². The van der Waals surface area contributed by atoms with Crippen LogP contribution in [0, 0.1) is 0 Å². The summed E-state index contributed by atoms with van der Waals surface area (Å²) in [5, 5.41) is 9.03. The molecule has 0 saturated carbocycles. The zero-order valence-electron chi connectivity index (χ0n) is 11.4. The summed E-state index contributed by atoms with van der Waals surface area (Å²) in [4.78, 5) is 11.0. The van der Waals surface area contributed by atoms with Crippen LogP contribution in [0.2, 0.25) is 0 Å². The van der Waals surface area contributed by atoms with Crippen LogP contribution in [0.4, 0.5) is 0 Å². The number of para-hydroxylation sites is 1. The third kappa shape index (κ3) is 4.72. The predicted octanol–water partition coefficient (Wildman–Crippen LogP) is 3.07. The number of benzene rings is 1. The van der Waals surface area contributed by atoms with Crippen molar-refractivity contribution in [2.45, 2.75) is 25.4 Å². The first-order valence-corrected chi connectivity index (χ1v) is 8.07. The number of thioether (sulfide) groups is 1.